The van der Waals surface area contributed by atoms with Gasteiger partial charge in [0.05, 0.1) is 12.2 Å². The van der Waals surface area contributed by atoms with Gasteiger partial charge in [-0.3, -0.25) is 0 Å². The summed E-state index contributed by atoms with van der Waals surface area (Å²) in [5, 5.41) is 3.16. The largest absolute Gasteiger partial charge is 0.373 e. The molecular formula is C8H14FNO. The van der Waals surface area contributed by atoms with E-state index in [0.29, 0.717) is 24.8 Å². The average molecular weight is 159 g/mol. The van der Waals surface area contributed by atoms with Gasteiger partial charge < -0.3 is 10.1 Å². The van der Waals surface area contributed by atoms with Crippen molar-refractivity contribution in [2.45, 2.75) is 37.5 Å². The number of alkyl halides is 1. The smallest absolute Gasteiger partial charge is 0.102 e. The van der Waals surface area contributed by atoms with E-state index in [2.05, 4.69) is 5.32 Å². The fourth-order valence-corrected chi connectivity index (χ4v) is 2.09. The molecule has 1 N–H and O–H groups in total. The molecule has 0 spiro atoms. The molecule has 2 rings (SSSR count). The van der Waals surface area contributed by atoms with Gasteiger partial charge in [-0.2, -0.15) is 0 Å². The third-order valence-electron chi connectivity index (χ3n) is 2.61. The quantitative estimate of drug-likeness (QED) is 0.659. The predicted octanol–water partition coefficient (Wildman–Crippen LogP) is 0.865. The maximum absolute atomic E-state index is 11.8. The fourth-order valence-electron chi connectivity index (χ4n) is 2.09. The number of hydrogen-bond donors (Lipinski definition) is 1. The van der Waals surface area contributed by atoms with Crippen LogP contribution in [0.25, 0.3) is 0 Å². The van der Waals surface area contributed by atoms with E-state index in [1.54, 1.807) is 0 Å². The molecule has 3 atom stereocenters. The van der Waals surface area contributed by atoms with Crippen molar-refractivity contribution in [3.05, 3.63) is 0 Å². The van der Waals surface area contributed by atoms with Crippen LogP contribution in [0.4, 0.5) is 4.39 Å². The molecule has 0 saturated carbocycles. The summed E-state index contributed by atoms with van der Waals surface area (Å²) >= 11 is 0. The highest BCUT2D eigenvalue weighted by molar-refractivity contribution is 4.93. The third-order valence-corrected chi connectivity index (χ3v) is 2.61. The molecular weight excluding hydrogens is 145 g/mol. The number of rotatable bonds is 3. The van der Waals surface area contributed by atoms with Gasteiger partial charge in [0, 0.05) is 12.6 Å². The lowest BCUT2D eigenvalue weighted by atomic mass is 9.96. The van der Waals surface area contributed by atoms with Gasteiger partial charge in [-0.05, 0) is 19.3 Å². The summed E-state index contributed by atoms with van der Waals surface area (Å²) in [7, 11) is 0. The van der Waals surface area contributed by atoms with E-state index in [1.165, 1.54) is 6.42 Å². The summed E-state index contributed by atoms with van der Waals surface area (Å²) < 4.78 is 17.4. The van der Waals surface area contributed by atoms with E-state index in [4.69, 9.17) is 4.74 Å². The van der Waals surface area contributed by atoms with E-state index >= 15 is 0 Å². The molecule has 3 heteroatoms. The molecule has 2 nitrogen and oxygen atoms in total. The first-order valence-electron chi connectivity index (χ1n) is 4.35. The maximum Gasteiger partial charge on any atom is 0.102 e. The Morgan fingerprint density at radius 3 is 2.91 bits per heavy atom. The summed E-state index contributed by atoms with van der Waals surface area (Å²) in [6.45, 7) is 0.213. The van der Waals surface area contributed by atoms with Crippen molar-refractivity contribution in [1.82, 2.24) is 5.32 Å². The van der Waals surface area contributed by atoms with E-state index in [1.807, 2.05) is 0 Å². The van der Waals surface area contributed by atoms with Crippen molar-refractivity contribution < 1.29 is 9.13 Å². The van der Waals surface area contributed by atoms with Crippen LogP contribution in [0.1, 0.15) is 19.3 Å². The Hall–Kier alpha value is -0.150. The highest BCUT2D eigenvalue weighted by atomic mass is 19.1. The van der Waals surface area contributed by atoms with Gasteiger partial charge in [-0.25, -0.2) is 4.39 Å². The van der Waals surface area contributed by atoms with Gasteiger partial charge in [0.15, 0.2) is 0 Å². The van der Waals surface area contributed by atoms with Crippen LogP contribution in [0.5, 0.6) is 0 Å². The minimum atomic E-state index is -0.270. The van der Waals surface area contributed by atoms with Gasteiger partial charge in [-0.15, -0.1) is 0 Å². The molecule has 0 aromatic rings. The molecule has 0 radical (unpaired) electrons. The van der Waals surface area contributed by atoms with Crippen molar-refractivity contribution in [3.8, 4) is 0 Å². The average Bonchev–Trinajstić information content (AvgIpc) is 2.60. The second-order valence-corrected chi connectivity index (χ2v) is 3.36. The van der Waals surface area contributed by atoms with Crippen LogP contribution in [-0.2, 0) is 4.74 Å². The van der Waals surface area contributed by atoms with Gasteiger partial charge >= 0.3 is 0 Å². The Morgan fingerprint density at radius 2 is 2.36 bits per heavy atom. The van der Waals surface area contributed by atoms with Crippen LogP contribution < -0.4 is 5.32 Å². The molecule has 0 aromatic heterocycles. The topological polar surface area (TPSA) is 21.3 Å². The number of nitrogens with one attached hydrogen (secondary N) is 1. The van der Waals surface area contributed by atoms with Crippen LogP contribution in [0.3, 0.4) is 0 Å². The minimum absolute atomic E-state index is 0.270. The molecule has 2 bridgehead atoms. The van der Waals surface area contributed by atoms with E-state index in [0.717, 1.165) is 12.8 Å². The first-order valence-corrected chi connectivity index (χ1v) is 4.35. The highest BCUT2D eigenvalue weighted by Crippen LogP contribution is 2.34. The fraction of sp³-hybridized carbons (Fsp3) is 1.00. The number of hydrogen-bond acceptors (Lipinski definition) is 2. The summed E-state index contributed by atoms with van der Waals surface area (Å²) in [5.74, 6) is 0. The van der Waals surface area contributed by atoms with Gasteiger partial charge in [0.2, 0.25) is 0 Å². The second-order valence-electron chi connectivity index (χ2n) is 3.36. The standard InChI is InChI=1S/C8H14FNO/c9-3-4-10-7-5-6-1-2-8(7)11-6/h6-8,10H,1-5H2. The molecule has 2 aliphatic heterocycles. The SMILES string of the molecule is FCCNC1CC2CCC1O2. The molecule has 0 amide bonds. The predicted molar refractivity (Wildman–Crippen MR) is 40.3 cm³/mol. The van der Waals surface area contributed by atoms with Crippen molar-refractivity contribution >= 4 is 0 Å². The van der Waals surface area contributed by atoms with Crippen molar-refractivity contribution in [3.63, 3.8) is 0 Å². The highest BCUT2D eigenvalue weighted by Gasteiger charge is 2.40. The lowest BCUT2D eigenvalue weighted by molar-refractivity contribution is 0.0973. The Morgan fingerprint density at radius 1 is 1.45 bits per heavy atom. The Kier molecular flexibility index (Phi) is 2.09. The van der Waals surface area contributed by atoms with Gasteiger partial charge in [-0.1, -0.05) is 0 Å². The number of fused-ring (bicyclic) bond motifs is 2. The Balaban J connectivity index is 1.78. The van der Waals surface area contributed by atoms with Gasteiger partial charge in [0.25, 0.3) is 0 Å². The Labute approximate surface area is 66.1 Å². The van der Waals surface area contributed by atoms with Crippen molar-refractivity contribution in [2.75, 3.05) is 13.2 Å². The molecule has 11 heavy (non-hydrogen) atoms. The summed E-state index contributed by atoms with van der Waals surface area (Å²) in [4.78, 5) is 0. The lowest BCUT2D eigenvalue weighted by Gasteiger charge is -2.18. The molecule has 3 unspecified atom stereocenters. The molecule has 2 fully saturated rings. The van der Waals surface area contributed by atoms with Crippen LogP contribution in [0.15, 0.2) is 0 Å². The molecule has 2 aliphatic rings. The lowest BCUT2D eigenvalue weighted by Crippen LogP contribution is -2.38. The van der Waals surface area contributed by atoms with Crippen molar-refractivity contribution in [2.24, 2.45) is 0 Å². The van der Waals surface area contributed by atoms with Crippen molar-refractivity contribution in [1.29, 1.82) is 0 Å². The second kappa shape index (κ2) is 3.07. The van der Waals surface area contributed by atoms with Crippen LogP contribution >= 0.6 is 0 Å². The normalized spacial score (nSPS) is 41.7. The van der Waals surface area contributed by atoms with E-state index < -0.39 is 0 Å². The summed E-state index contributed by atoms with van der Waals surface area (Å²) in [5.41, 5.74) is 0. The zero-order valence-electron chi connectivity index (χ0n) is 6.55. The minimum Gasteiger partial charge on any atom is -0.373 e. The molecule has 0 aliphatic carbocycles. The molecule has 2 saturated heterocycles. The monoisotopic (exact) mass is 159 g/mol. The zero-order chi connectivity index (χ0) is 7.68. The van der Waals surface area contributed by atoms with Gasteiger partial charge in [0.1, 0.15) is 6.67 Å². The van der Waals surface area contributed by atoms with E-state index in [9.17, 15) is 4.39 Å². The first-order chi connectivity index (χ1) is 5.40. The van der Waals surface area contributed by atoms with Crippen LogP contribution in [-0.4, -0.2) is 31.5 Å². The van der Waals surface area contributed by atoms with Crippen LogP contribution in [0, 0.1) is 0 Å². The molecule has 0 aromatic carbocycles. The number of halogens is 1. The summed E-state index contributed by atoms with van der Waals surface area (Å²) in [6, 6.07) is 0.435. The maximum atomic E-state index is 11.8. The number of ether oxygens (including phenoxy) is 1. The molecule has 2 heterocycles. The third kappa shape index (κ3) is 1.40. The van der Waals surface area contributed by atoms with Crippen LogP contribution in [0.2, 0.25) is 0 Å². The van der Waals surface area contributed by atoms with E-state index in [-0.39, 0.29) is 6.67 Å². The zero-order valence-corrected chi connectivity index (χ0v) is 6.55. The first kappa shape index (κ1) is 7.50. The Bertz CT molecular complexity index is 142. The molecule has 64 valence electrons. The summed E-state index contributed by atoms with van der Waals surface area (Å²) in [6.07, 6.45) is 4.31.